The maximum Gasteiger partial charge on any atom is 0.248 e. The second-order valence-electron chi connectivity index (χ2n) is 8.95. The molecule has 1 spiro atoms. The summed E-state index contributed by atoms with van der Waals surface area (Å²) in [6.45, 7) is 11.1. The molecule has 5 nitrogen and oxygen atoms in total. The highest BCUT2D eigenvalue weighted by atomic mass is 16.5. The Kier molecular flexibility index (Phi) is 5.63. The van der Waals surface area contributed by atoms with Gasteiger partial charge >= 0.3 is 0 Å². The van der Waals surface area contributed by atoms with Crippen LogP contribution >= 0.6 is 0 Å². The van der Waals surface area contributed by atoms with Gasteiger partial charge in [0.1, 0.15) is 6.61 Å². The summed E-state index contributed by atoms with van der Waals surface area (Å²) in [7, 11) is 1.78. The van der Waals surface area contributed by atoms with Crippen molar-refractivity contribution >= 4 is 11.8 Å². The second-order valence-corrected chi connectivity index (χ2v) is 8.95. The Morgan fingerprint density at radius 1 is 1.17 bits per heavy atom. The van der Waals surface area contributed by atoms with Crippen LogP contribution in [0.4, 0.5) is 0 Å². The van der Waals surface area contributed by atoms with E-state index in [-0.39, 0.29) is 36.0 Å². The Morgan fingerprint density at radius 3 is 2.21 bits per heavy atom. The number of likely N-dealkylation sites (N-methyl/N-ethyl adjacent to an activating group) is 1. The van der Waals surface area contributed by atoms with E-state index in [4.69, 9.17) is 4.74 Å². The van der Waals surface area contributed by atoms with Crippen molar-refractivity contribution in [1.29, 1.82) is 0 Å². The molecular weight excluding hydrogens is 304 g/mol. The molecule has 0 aromatic heterocycles. The first-order valence-corrected chi connectivity index (χ1v) is 9.21. The fraction of sp³-hybridized carbons (Fsp3) is 0.895. The Labute approximate surface area is 146 Å². The molecular formula is C19H34N2O3. The number of carbonyl (C=O) groups is 2. The summed E-state index contributed by atoms with van der Waals surface area (Å²) in [5.41, 5.74) is 0.222. The number of hydrogen-bond acceptors (Lipinski definition) is 3. The molecule has 2 saturated carbocycles. The van der Waals surface area contributed by atoms with Gasteiger partial charge < -0.3 is 14.5 Å². The Balaban J connectivity index is 1.78. The molecule has 0 unspecified atom stereocenters. The third-order valence-corrected chi connectivity index (χ3v) is 5.30. The number of hydrogen-bond donors (Lipinski definition) is 0. The standard InChI is InChI=1S/C19H34N2O3/c1-14(2)21(17(23)15-11-19(12-15)7-8-19)10-9-20(6)16(22)13-24-18(3,4)5/h14-15H,7-13H2,1-6H3. The molecule has 5 heteroatoms. The highest BCUT2D eigenvalue weighted by Crippen LogP contribution is 2.63. The Bertz CT molecular complexity index is 469. The lowest BCUT2D eigenvalue weighted by atomic mass is 9.71. The van der Waals surface area contributed by atoms with E-state index in [1.807, 2.05) is 39.5 Å². The van der Waals surface area contributed by atoms with Gasteiger partial charge in [0.05, 0.1) is 5.60 Å². The molecule has 0 bridgehead atoms. The molecule has 0 atom stereocenters. The topological polar surface area (TPSA) is 49.9 Å². The summed E-state index contributed by atoms with van der Waals surface area (Å²) >= 11 is 0. The van der Waals surface area contributed by atoms with E-state index < -0.39 is 0 Å². The lowest BCUT2D eigenvalue weighted by Gasteiger charge is -2.40. The number of nitrogens with zero attached hydrogens (tertiary/aromatic N) is 2. The SMILES string of the molecule is CC(C)N(CCN(C)C(=O)COC(C)(C)C)C(=O)C1CC2(CC2)C1. The third-order valence-electron chi connectivity index (χ3n) is 5.30. The van der Waals surface area contributed by atoms with E-state index in [0.717, 1.165) is 12.8 Å². The Hall–Kier alpha value is -1.10. The van der Waals surface area contributed by atoms with E-state index in [1.54, 1.807) is 11.9 Å². The molecule has 2 amide bonds. The first-order chi connectivity index (χ1) is 11.0. The van der Waals surface area contributed by atoms with Crippen LogP contribution < -0.4 is 0 Å². The van der Waals surface area contributed by atoms with Crippen LogP contribution in [0.2, 0.25) is 0 Å². The molecule has 0 N–H and O–H groups in total. The van der Waals surface area contributed by atoms with Gasteiger partial charge in [-0.3, -0.25) is 9.59 Å². The molecule has 0 saturated heterocycles. The van der Waals surface area contributed by atoms with Crippen molar-refractivity contribution in [1.82, 2.24) is 9.80 Å². The normalized spacial score (nSPS) is 19.3. The number of ether oxygens (including phenoxy) is 1. The fourth-order valence-corrected chi connectivity index (χ4v) is 3.37. The maximum absolute atomic E-state index is 12.7. The van der Waals surface area contributed by atoms with Crippen LogP contribution in [0, 0.1) is 11.3 Å². The van der Waals surface area contributed by atoms with Crippen molar-refractivity contribution in [3.8, 4) is 0 Å². The first-order valence-electron chi connectivity index (χ1n) is 9.21. The van der Waals surface area contributed by atoms with Crippen LogP contribution in [0.3, 0.4) is 0 Å². The molecule has 0 aromatic rings. The van der Waals surface area contributed by atoms with Gasteiger partial charge in [0.25, 0.3) is 0 Å². The van der Waals surface area contributed by atoms with Crippen LogP contribution in [0.15, 0.2) is 0 Å². The van der Waals surface area contributed by atoms with E-state index in [1.165, 1.54) is 12.8 Å². The quantitative estimate of drug-likeness (QED) is 0.717. The predicted octanol–water partition coefficient (Wildman–Crippen LogP) is 2.69. The van der Waals surface area contributed by atoms with Crippen molar-refractivity contribution in [3.05, 3.63) is 0 Å². The molecule has 2 rings (SSSR count). The molecule has 2 fully saturated rings. The molecule has 2 aliphatic rings. The minimum atomic E-state index is -0.320. The summed E-state index contributed by atoms with van der Waals surface area (Å²) in [5.74, 6) is 0.441. The summed E-state index contributed by atoms with van der Waals surface area (Å²) in [6.07, 6.45) is 4.76. The summed E-state index contributed by atoms with van der Waals surface area (Å²) in [5, 5.41) is 0. The summed E-state index contributed by atoms with van der Waals surface area (Å²) in [4.78, 5) is 28.5. The first kappa shape index (κ1) is 19.2. The van der Waals surface area contributed by atoms with Crippen LogP contribution in [0.5, 0.6) is 0 Å². The van der Waals surface area contributed by atoms with Gasteiger partial charge in [-0.05, 0) is 65.7 Å². The van der Waals surface area contributed by atoms with Gasteiger partial charge in [-0.1, -0.05) is 0 Å². The molecule has 138 valence electrons. The van der Waals surface area contributed by atoms with Gasteiger partial charge in [-0.25, -0.2) is 0 Å². The minimum Gasteiger partial charge on any atom is -0.366 e. The smallest absolute Gasteiger partial charge is 0.248 e. The van der Waals surface area contributed by atoms with Crippen molar-refractivity contribution in [3.63, 3.8) is 0 Å². The molecule has 24 heavy (non-hydrogen) atoms. The lowest BCUT2D eigenvalue weighted by Crippen LogP contribution is -2.48. The molecule has 2 aliphatic carbocycles. The van der Waals surface area contributed by atoms with Gasteiger partial charge in [0.2, 0.25) is 11.8 Å². The van der Waals surface area contributed by atoms with Crippen molar-refractivity contribution < 1.29 is 14.3 Å². The number of amides is 2. The van der Waals surface area contributed by atoms with Crippen molar-refractivity contribution in [2.45, 2.75) is 71.9 Å². The Morgan fingerprint density at radius 2 is 1.75 bits per heavy atom. The zero-order valence-electron chi connectivity index (χ0n) is 16.2. The molecule has 0 aromatic carbocycles. The monoisotopic (exact) mass is 338 g/mol. The maximum atomic E-state index is 12.7. The van der Waals surface area contributed by atoms with E-state index >= 15 is 0 Å². The van der Waals surface area contributed by atoms with Crippen molar-refractivity contribution in [2.24, 2.45) is 11.3 Å². The van der Waals surface area contributed by atoms with Crippen LogP contribution in [-0.4, -0.2) is 60.0 Å². The highest BCUT2D eigenvalue weighted by Gasteiger charge is 2.55. The molecule has 0 aliphatic heterocycles. The fourth-order valence-electron chi connectivity index (χ4n) is 3.37. The van der Waals surface area contributed by atoms with Gasteiger partial charge in [-0.15, -0.1) is 0 Å². The molecule has 0 heterocycles. The zero-order valence-corrected chi connectivity index (χ0v) is 16.2. The minimum absolute atomic E-state index is 0.0401. The molecule has 0 radical (unpaired) electrons. The predicted molar refractivity (Wildman–Crippen MR) is 94.6 cm³/mol. The number of carbonyl (C=O) groups excluding carboxylic acids is 2. The van der Waals surface area contributed by atoms with Gasteiger partial charge in [-0.2, -0.15) is 0 Å². The van der Waals surface area contributed by atoms with E-state index in [2.05, 4.69) is 0 Å². The summed E-state index contributed by atoms with van der Waals surface area (Å²) in [6, 6.07) is 0.169. The summed E-state index contributed by atoms with van der Waals surface area (Å²) < 4.78 is 5.54. The number of rotatable bonds is 7. The highest BCUT2D eigenvalue weighted by molar-refractivity contribution is 5.81. The van der Waals surface area contributed by atoms with Crippen LogP contribution in [-0.2, 0) is 14.3 Å². The van der Waals surface area contributed by atoms with E-state index in [9.17, 15) is 9.59 Å². The average molecular weight is 338 g/mol. The second kappa shape index (κ2) is 7.03. The van der Waals surface area contributed by atoms with Crippen LogP contribution in [0.1, 0.15) is 60.3 Å². The largest absolute Gasteiger partial charge is 0.366 e. The average Bonchev–Trinajstić information content (AvgIpc) is 3.22. The van der Waals surface area contributed by atoms with Gasteiger partial charge in [0, 0.05) is 32.1 Å². The third kappa shape index (κ3) is 4.95. The van der Waals surface area contributed by atoms with Gasteiger partial charge in [0.15, 0.2) is 0 Å². The van der Waals surface area contributed by atoms with Crippen molar-refractivity contribution in [2.75, 3.05) is 26.7 Å². The van der Waals surface area contributed by atoms with E-state index in [0.29, 0.717) is 18.5 Å². The lowest BCUT2D eigenvalue weighted by molar-refractivity contribution is -0.145. The van der Waals surface area contributed by atoms with Crippen LogP contribution in [0.25, 0.3) is 0 Å². The zero-order chi connectivity index (χ0) is 18.1.